The molecule has 0 N–H and O–H groups in total. The maximum atomic E-state index is 5.40. The van der Waals surface area contributed by atoms with Crippen molar-refractivity contribution in [3.63, 3.8) is 0 Å². The van der Waals surface area contributed by atoms with Gasteiger partial charge >= 0.3 is 0 Å². The Kier molecular flexibility index (Phi) is 4.44. The van der Waals surface area contributed by atoms with Crippen LogP contribution in [0.3, 0.4) is 0 Å². The number of methoxy groups -OCH3 is 1. The predicted molar refractivity (Wildman–Crippen MR) is 110 cm³/mol. The molecule has 4 heterocycles. The van der Waals surface area contributed by atoms with E-state index in [1.807, 2.05) is 36.8 Å². The van der Waals surface area contributed by atoms with Gasteiger partial charge in [-0.2, -0.15) is 0 Å². The monoisotopic (exact) mass is 376 g/mol. The highest BCUT2D eigenvalue weighted by atomic mass is 16.5. The quantitative estimate of drug-likeness (QED) is 0.691. The lowest BCUT2D eigenvalue weighted by Crippen LogP contribution is -2.63. The summed E-state index contributed by atoms with van der Waals surface area (Å²) in [5, 5.41) is 1.16. The molecule has 3 aromatic rings. The molecule has 7 heteroatoms. The molecular weight excluding hydrogens is 352 g/mol. The fourth-order valence-electron chi connectivity index (χ4n) is 4.14. The zero-order valence-corrected chi connectivity index (χ0v) is 16.0. The summed E-state index contributed by atoms with van der Waals surface area (Å²) in [6, 6.07) is 10.7. The van der Waals surface area contributed by atoms with Crippen molar-refractivity contribution >= 4 is 22.5 Å². The van der Waals surface area contributed by atoms with Crippen LogP contribution in [0.4, 0.5) is 11.6 Å². The topological polar surface area (TPSA) is 57.6 Å². The van der Waals surface area contributed by atoms with Crippen LogP contribution in [0.2, 0.25) is 0 Å². The van der Waals surface area contributed by atoms with E-state index in [-0.39, 0.29) is 0 Å². The van der Waals surface area contributed by atoms with Crippen LogP contribution in [0.25, 0.3) is 10.9 Å². The molecule has 144 valence electrons. The molecule has 5 rings (SSSR count). The Labute approximate surface area is 164 Å². The Bertz CT molecular complexity index is 952. The summed E-state index contributed by atoms with van der Waals surface area (Å²) in [7, 11) is 1.71. The third kappa shape index (κ3) is 3.11. The number of rotatable bonds is 4. The molecule has 2 aromatic heterocycles. The second-order valence-electron chi connectivity index (χ2n) is 7.34. The molecule has 0 saturated carbocycles. The molecule has 1 aromatic carbocycles. The van der Waals surface area contributed by atoms with Gasteiger partial charge in [0.2, 0.25) is 5.95 Å². The van der Waals surface area contributed by atoms with Gasteiger partial charge in [-0.05, 0) is 30.3 Å². The minimum Gasteiger partial charge on any atom is -0.497 e. The van der Waals surface area contributed by atoms with Crippen molar-refractivity contribution < 1.29 is 4.74 Å². The van der Waals surface area contributed by atoms with Crippen LogP contribution < -0.4 is 14.5 Å². The van der Waals surface area contributed by atoms with E-state index in [1.165, 1.54) is 5.69 Å². The average molecular weight is 376 g/mol. The second-order valence-corrected chi connectivity index (χ2v) is 7.34. The van der Waals surface area contributed by atoms with Crippen molar-refractivity contribution in [1.82, 2.24) is 19.9 Å². The van der Waals surface area contributed by atoms with Crippen LogP contribution >= 0.6 is 0 Å². The van der Waals surface area contributed by atoms with E-state index in [0.717, 1.165) is 61.9 Å². The first-order valence-electron chi connectivity index (χ1n) is 9.75. The third-order valence-electron chi connectivity index (χ3n) is 5.79. The summed E-state index contributed by atoms with van der Waals surface area (Å²) >= 11 is 0. The lowest BCUT2D eigenvalue weighted by molar-refractivity contribution is 0.157. The first kappa shape index (κ1) is 17.2. The molecule has 7 nitrogen and oxygen atoms in total. The largest absolute Gasteiger partial charge is 0.497 e. The molecule has 0 atom stereocenters. The maximum Gasteiger partial charge on any atom is 0.225 e. The highest BCUT2D eigenvalue weighted by Crippen LogP contribution is 2.32. The standard InChI is InChI=1S/C21H24N6O/c1-28-17-3-4-19-18(13-17)20(5-8-22-19)27-14-16(15-27)25-9-11-26(12-10-25)21-23-6-2-7-24-21/h2-8,13,16H,9-12,14-15H2,1H3. The van der Waals surface area contributed by atoms with Crippen molar-refractivity contribution in [2.45, 2.75) is 6.04 Å². The lowest BCUT2D eigenvalue weighted by atomic mass is 10.0. The Morgan fingerprint density at radius 1 is 0.893 bits per heavy atom. The highest BCUT2D eigenvalue weighted by molar-refractivity contribution is 5.93. The molecule has 28 heavy (non-hydrogen) atoms. The number of piperazine rings is 1. The normalized spacial score (nSPS) is 18.3. The van der Waals surface area contributed by atoms with E-state index in [9.17, 15) is 0 Å². The van der Waals surface area contributed by atoms with Gasteiger partial charge in [-0.1, -0.05) is 0 Å². The SMILES string of the molecule is COc1ccc2nccc(N3CC(N4CCN(c5ncccn5)CC4)C3)c2c1. The molecule has 2 fully saturated rings. The summed E-state index contributed by atoms with van der Waals surface area (Å²) in [5.74, 6) is 1.72. The van der Waals surface area contributed by atoms with Crippen LogP contribution in [0.5, 0.6) is 5.75 Å². The zero-order chi connectivity index (χ0) is 18.9. The van der Waals surface area contributed by atoms with Gasteiger partial charge in [0.15, 0.2) is 0 Å². The minimum absolute atomic E-state index is 0.604. The average Bonchev–Trinajstić information content (AvgIpc) is 2.73. The summed E-state index contributed by atoms with van der Waals surface area (Å²) < 4.78 is 5.40. The van der Waals surface area contributed by atoms with Gasteiger partial charge in [0.25, 0.3) is 0 Å². The first-order chi connectivity index (χ1) is 13.8. The Morgan fingerprint density at radius 2 is 1.68 bits per heavy atom. The molecule has 0 aliphatic carbocycles. The van der Waals surface area contributed by atoms with Crippen LogP contribution in [-0.4, -0.2) is 72.3 Å². The fraction of sp³-hybridized carbons (Fsp3) is 0.381. The Balaban J connectivity index is 1.23. The van der Waals surface area contributed by atoms with Gasteiger partial charge in [-0.25, -0.2) is 9.97 Å². The number of pyridine rings is 1. The van der Waals surface area contributed by atoms with E-state index >= 15 is 0 Å². The number of hydrogen-bond acceptors (Lipinski definition) is 7. The number of nitrogens with zero attached hydrogens (tertiary/aromatic N) is 6. The molecule has 0 radical (unpaired) electrons. The summed E-state index contributed by atoms with van der Waals surface area (Å²) in [6.45, 7) is 6.19. The summed E-state index contributed by atoms with van der Waals surface area (Å²) in [4.78, 5) is 20.6. The summed E-state index contributed by atoms with van der Waals surface area (Å²) in [5.41, 5.74) is 2.26. The third-order valence-corrected chi connectivity index (χ3v) is 5.79. The molecule has 2 aliphatic rings. The molecule has 2 saturated heterocycles. The van der Waals surface area contributed by atoms with Gasteiger partial charge in [0.05, 0.1) is 12.6 Å². The van der Waals surface area contributed by atoms with Crippen LogP contribution in [-0.2, 0) is 0 Å². The number of ether oxygens (including phenoxy) is 1. The van der Waals surface area contributed by atoms with Crippen molar-refractivity contribution in [1.29, 1.82) is 0 Å². The zero-order valence-electron chi connectivity index (χ0n) is 16.0. The second kappa shape index (κ2) is 7.24. The van der Waals surface area contributed by atoms with Gasteiger partial charge in [-0.3, -0.25) is 9.88 Å². The number of benzene rings is 1. The molecule has 0 bridgehead atoms. The van der Waals surface area contributed by atoms with Crippen LogP contribution in [0, 0.1) is 0 Å². The van der Waals surface area contributed by atoms with Gasteiger partial charge in [-0.15, -0.1) is 0 Å². The molecule has 2 aliphatic heterocycles. The number of hydrogen-bond donors (Lipinski definition) is 0. The minimum atomic E-state index is 0.604. The molecule has 0 amide bonds. The van der Waals surface area contributed by atoms with E-state index < -0.39 is 0 Å². The van der Waals surface area contributed by atoms with E-state index in [2.05, 4.69) is 41.8 Å². The smallest absolute Gasteiger partial charge is 0.225 e. The van der Waals surface area contributed by atoms with Crippen LogP contribution in [0.1, 0.15) is 0 Å². The van der Waals surface area contributed by atoms with Crippen molar-refractivity contribution in [3.8, 4) is 5.75 Å². The molecule has 0 unspecified atom stereocenters. The molecular formula is C21H24N6O. The van der Waals surface area contributed by atoms with E-state index in [1.54, 1.807) is 7.11 Å². The van der Waals surface area contributed by atoms with Crippen molar-refractivity contribution in [3.05, 3.63) is 48.9 Å². The highest BCUT2D eigenvalue weighted by Gasteiger charge is 2.34. The molecule has 0 spiro atoms. The van der Waals surface area contributed by atoms with Crippen molar-refractivity contribution in [2.75, 3.05) is 56.2 Å². The number of aromatic nitrogens is 3. The van der Waals surface area contributed by atoms with Gasteiger partial charge in [0, 0.05) is 75.0 Å². The van der Waals surface area contributed by atoms with Gasteiger partial charge < -0.3 is 14.5 Å². The Morgan fingerprint density at radius 3 is 2.43 bits per heavy atom. The van der Waals surface area contributed by atoms with E-state index in [0.29, 0.717) is 6.04 Å². The number of fused-ring (bicyclic) bond motifs is 1. The fourth-order valence-corrected chi connectivity index (χ4v) is 4.14. The van der Waals surface area contributed by atoms with E-state index in [4.69, 9.17) is 4.74 Å². The number of anilines is 2. The van der Waals surface area contributed by atoms with Crippen LogP contribution in [0.15, 0.2) is 48.9 Å². The summed E-state index contributed by atoms with van der Waals surface area (Å²) in [6.07, 6.45) is 5.52. The van der Waals surface area contributed by atoms with Gasteiger partial charge in [0.1, 0.15) is 5.75 Å². The Hall–Kier alpha value is -2.93. The first-order valence-corrected chi connectivity index (χ1v) is 9.75. The van der Waals surface area contributed by atoms with Crippen molar-refractivity contribution in [2.24, 2.45) is 0 Å². The predicted octanol–water partition coefficient (Wildman–Crippen LogP) is 2.04. The lowest BCUT2D eigenvalue weighted by Gasteiger charge is -2.49. The maximum absolute atomic E-state index is 5.40.